The maximum atomic E-state index is 6.13. The highest BCUT2D eigenvalue weighted by atomic mass is 16.5. The Morgan fingerprint density at radius 2 is 1.81 bits per heavy atom. The molecule has 6 rings (SSSR count). The minimum atomic E-state index is 0.618. The van der Waals surface area contributed by atoms with Crippen molar-refractivity contribution in [3.05, 3.63) is 65.4 Å². The molecule has 3 aliphatic rings. The zero-order valence-corrected chi connectivity index (χ0v) is 16.3. The van der Waals surface area contributed by atoms with Gasteiger partial charge in [-0.05, 0) is 68.1 Å². The maximum Gasteiger partial charge on any atom is 0.120 e. The molecule has 1 atom stereocenters. The first-order valence-electron chi connectivity index (χ1n) is 10.2. The van der Waals surface area contributed by atoms with Crippen LogP contribution in [0.3, 0.4) is 0 Å². The Morgan fingerprint density at radius 1 is 1.04 bits per heavy atom. The predicted molar refractivity (Wildman–Crippen MR) is 110 cm³/mol. The van der Waals surface area contributed by atoms with Gasteiger partial charge >= 0.3 is 0 Å². The lowest BCUT2D eigenvalue weighted by atomic mass is 9.75. The summed E-state index contributed by atoms with van der Waals surface area (Å²) < 4.78 is 8.50. The molecule has 3 nitrogen and oxygen atoms in total. The van der Waals surface area contributed by atoms with Crippen molar-refractivity contribution in [1.82, 2.24) is 9.47 Å². The summed E-state index contributed by atoms with van der Waals surface area (Å²) >= 11 is 0. The summed E-state index contributed by atoms with van der Waals surface area (Å²) in [6, 6.07) is 17.0. The average Bonchev–Trinajstić information content (AvgIpc) is 2.98. The highest BCUT2D eigenvalue weighted by Gasteiger charge is 2.37. The largest absolute Gasteiger partial charge is 0.489 e. The van der Waals surface area contributed by atoms with Crippen LogP contribution in [-0.4, -0.2) is 29.1 Å². The number of fused-ring (bicyclic) bond motifs is 4. The maximum absolute atomic E-state index is 6.13. The van der Waals surface area contributed by atoms with E-state index in [1.54, 1.807) is 5.56 Å². The van der Waals surface area contributed by atoms with Crippen molar-refractivity contribution < 1.29 is 4.74 Å². The normalized spacial score (nSPS) is 24.4. The number of hydrogen-bond donors (Lipinski definition) is 0. The predicted octanol–water partition coefficient (Wildman–Crippen LogP) is 4.87. The standard InChI is InChI=1S/C24H28N2O/c1-17-24(22-15-26-12-10-19(22)11-13-26)21-14-20(8-9-23(21)25(17)2)27-16-18-6-4-3-5-7-18/h3-9,14,19,22H,10-13,15-16H2,1-2H3. The number of hydrogen-bond acceptors (Lipinski definition) is 2. The molecular weight excluding hydrogens is 332 g/mol. The van der Waals surface area contributed by atoms with E-state index < -0.39 is 0 Å². The van der Waals surface area contributed by atoms with Crippen molar-refractivity contribution in [2.45, 2.75) is 32.3 Å². The van der Waals surface area contributed by atoms with Gasteiger partial charge in [-0.2, -0.15) is 0 Å². The molecule has 1 unspecified atom stereocenters. The monoisotopic (exact) mass is 360 g/mol. The summed E-state index contributed by atoms with van der Waals surface area (Å²) in [6.07, 6.45) is 2.70. The van der Waals surface area contributed by atoms with Crippen molar-refractivity contribution in [2.75, 3.05) is 19.6 Å². The second-order valence-electron chi connectivity index (χ2n) is 8.26. The molecular formula is C24H28N2O. The first-order chi connectivity index (χ1) is 13.2. The summed E-state index contributed by atoms with van der Waals surface area (Å²) in [5.74, 6) is 2.48. The lowest BCUT2D eigenvalue weighted by molar-refractivity contribution is 0.0873. The third kappa shape index (κ3) is 2.94. The van der Waals surface area contributed by atoms with Crippen LogP contribution in [0.2, 0.25) is 0 Å². The van der Waals surface area contributed by atoms with Crippen LogP contribution in [0, 0.1) is 12.8 Å². The number of nitrogens with zero attached hydrogens (tertiary/aromatic N) is 2. The molecule has 0 saturated carbocycles. The first kappa shape index (κ1) is 16.9. The molecule has 2 aromatic carbocycles. The van der Waals surface area contributed by atoms with E-state index in [0.29, 0.717) is 12.5 Å². The summed E-state index contributed by atoms with van der Waals surface area (Å²) in [4.78, 5) is 2.65. The Balaban J connectivity index is 1.50. The van der Waals surface area contributed by atoms with Gasteiger partial charge in [-0.3, -0.25) is 0 Å². The van der Waals surface area contributed by atoms with E-state index in [1.807, 2.05) is 6.07 Å². The fourth-order valence-electron chi connectivity index (χ4n) is 5.17. The van der Waals surface area contributed by atoms with Gasteiger partial charge in [-0.1, -0.05) is 30.3 Å². The smallest absolute Gasteiger partial charge is 0.120 e. The summed E-state index contributed by atoms with van der Waals surface area (Å²) in [5.41, 5.74) is 5.52. The molecule has 4 heterocycles. The Hall–Kier alpha value is -2.26. The molecule has 3 heteroatoms. The van der Waals surface area contributed by atoms with Gasteiger partial charge in [0.25, 0.3) is 0 Å². The van der Waals surface area contributed by atoms with Crippen molar-refractivity contribution in [3.63, 3.8) is 0 Å². The minimum Gasteiger partial charge on any atom is -0.489 e. The van der Waals surface area contributed by atoms with E-state index in [-0.39, 0.29) is 0 Å². The quantitative estimate of drug-likeness (QED) is 0.660. The van der Waals surface area contributed by atoms with Gasteiger partial charge in [0.15, 0.2) is 0 Å². The van der Waals surface area contributed by atoms with Gasteiger partial charge in [0.1, 0.15) is 12.4 Å². The molecule has 0 N–H and O–H groups in total. The van der Waals surface area contributed by atoms with Crippen LogP contribution in [-0.2, 0) is 13.7 Å². The summed E-state index contributed by atoms with van der Waals surface area (Å²) in [5, 5.41) is 1.39. The summed E-state index contributed by atoms with van der Waals surface area (Å²) in [6.45, 7) is 6.71. The van der Waals surface area contributed by atoms with E-state index in [2.05, 4.69) is 65.9 Å². The molecule has 0 aliphatic carbocycles. The van der Waals surface area contributed by atoms with Gasteiger partial charge in [-0.15, -0.1) is 0 Å². The van der Waals surface area contributed by atoms with Gasteiger partial charge in [-0.25, -0.2) is 0 Å². The second-order valence-corrected chi connectivity index (χ2v) is 8.26. The van der Waals surface area contributed by atoms with Gasteiger partial charge in [0, 0.05) is 36.1 Å². The molecule has 3 fully saturated rings. The molecule has 3 aliphatic heterocycles. The highest BCUT2D eigenvalue weighted by molar-refractivity contribution is 5.87. The van der Waals surface area contributed by atoms with Crippen LogP contribution < -0.4 is 4.74 Å². The Morgan fingerprint density at radius 3 is 2.52 bits per heavy atom. The third-order valence-corrected chi connectivity index (χ3v) is 6.79. The summed E-state index contributed by atoms with van der Waals surface area (Å²) in [7, 11) is 2.20. The van der Waals surface area contributed by atoms with Crippen LogP contribution in [0.4, 0.5) is 0 Å². The van der Waals surface area contributed by atoms with Gasteiger partial charge in [0.2, 0.25) is 0 Å². The van der Waals surface area contributed by atoms with E-state index >= 15 is 0 Å². The molecule has 0 radical (unpaired) electrons. The van der Waals surface area contributed by atoms with Gasteiger partial charge < -0.3 is 14.2 Å². The van der Waals surface area contributed by atoms with Crippen molar-refractivity contribution in [3.8, 4) is 5.75 Å². The molecule has 27 heavy (non-hydrogen) atoms. The van der Waals surface area contributed by atoms with Crippen LogP contribution in [0.5, 0.6) is 5.75 Å². The fraction of sp³-hybridized carbons (Fsp3) is 0.417. The number of piperidine rings is 3. The van der Waals surface area contributed by atoms with Crippen LogP contribution in [0.15, 0.2) is 48.5 Å². The minimum absolute atomic E-state index is 0.618. The Labute approximate surface area is 161 Å². The topological polar surface area (TPSA) is 17.4 Å². The van der Waals surface area contributed by atoms with Crippen LogP contribution in [0.25, 0.3) is 10.9 Å². The van der Waals surface area contributed by atoms with E-state index in [4.69, 9.17) is 4.74 Å². The van der Waals surface area contributed by atoms with Crippen LogP contribution >= 0.6 is 0 Å². The molecule has 140 valence electrons. The van der Waals surface area contributed by atoms with E-state index in [0.717, 1.165) is 11.7 Å². The molecule has 0 spiro atoms. The van der Waals surface area contributed by atoms with E-state index in [1.165, 1.54) is 54.6 Å². The number of aryl methyl sites for hydroxylation is 1. The number of ether oxygens (including phenoxy) is 1. The molecule has 3 saturated heterocycles. The van der Waals surface area contributed by atoms with Crippen molar-refractivity contribution in [1.29, 1.82) is 0 Å². The first-order valence-corrected chi connectivity index (χ1v) is 10.2. The zero-order valence-electron chi connectivity index (χ0n) is 16.3. The lowest BCUT2D eigenvalue weighted by Gasteiger charge is -2.45. The Bertz CT molecular complexity index is 951. The number of rotatable bonds is 4. The molecule has 1 aromatic heterocycles. The lowest BCUT2D eigenvalue weighted by Crippen LogP contribution is -2.46. The second kappa shape index (κ2) is 6.72. The number of aromatic nitrogens is 1. The fourth-order valence-corrected chi connectivity index (χ4v) is 5.17. The molecule has 0 amide bonds. The highest BCUT2D eigenvalue weighted by Crippen LogP contribution is 2.44. The SMILES string of the molecule is Cc1c(C2CN3CCC2CC3)c2cc(OCc3ccccc3)ccc2n1C. The number of benzene rings is 2. The molecule has 3 aromatic rings. The van der Waals surface area contributed by atoms with Gasteiger partial charge in [0.05, 0.1) is 0 Å². The Kier molecular flexibility index (Phi) is 4.20. The average molecular weight is 361 g/mol. The van der Waals surface area contributed by atoms with Crippen molar-refractivity contribution >= 4 is 10.9 Å². The van der Waals surface area contributed by atoms with E-state index in [9.17, 15) is 0 Å². The third-order valence-electron chi connectivity index (χ3n) is 6.79. The zero-order chi connectivity index (χ0) is 18.4. The molecule has 2 bridgehead atoms. The van der Waals surface area contributed by atoms with Crippen LogP contribution in [0.1, 0.15) is 35.6 Å². The van der Waals surface area contributed by atoms with Crippen molar-refractivity contribution in [2.24, 2.45) is 13.0 Å².